The molecule has 1 amide bonds. The van der Waals surface area contributed by atoms with Crippen molar-refractivity contribution in [3.8, 4) is 0 Å². The molecule has 96 valence electrons. The lowest BCUT2D eigenvalue weighted by Gasteiger charge is -2.22. The van der Waals surface area contributed by atoms with Crippen LogP contribution in [0.25, 0.3) is 0 Å². The average Bonchev–Trinajstić information content (AvgIpc) is 2.74. The maximum Gasteiger partial charge on any atom is 0.240 e. The number of hydrogen-bond donors (Lipinski definition) is 3. The summed E-state index contributed by atoms with van der Waals surface area (Å²) in [6.45, 7) is 5.73. The molecule has 0 atom stereocenters. The molecule has 0 fully saturated rings. The first-order chi connectivity index (χ1) is 7.96. The number of aromatic nitrogens is 2. The predicted octanol–water partition coefficient (Wildman–Crippen LogP) is 0.399. The van der Waals surface area contributed by atoms with Crippen molar-refractivity contribution in [1.29, 1.82) is 0 Å². The smallest absolute Gasteiger partial charge is 0.240 e. The fourth-order valence-corrected chi connectivity index (χ4v) is 1.68. The van der Waals surface area contributed by atoms with Crippen LogP contribution in [0.1, 0.15) is 25.8 Å². The number of aryl methyl sites for hydroxylation is 1. The number of amides is 1. The Balaban J connectivity index is 2.39. The molecule has 0 aromatic carbocycles. The number of carbonyl (C=O) groups excluding carboxylic acids is 1. The molecular formula is C10H18N4O2S. The zero-order valence-electron chi connectivity index (χ0n) is 10.3. The molecule has 1 rings (SSSR count). The van der Waals surface area contributed by atoms with E-state index in [2.05, 4.69) is 20.8 Å². The number of carbonyl (C=O) groups is 1. The van der Waals surface area contributed by atoms with Crippen LogP contribution >= 0.6 is 11.3 Å². The van der Waals surface area contributed by atoms with E-state index in [1.165, 1.54) is 11.3 Å². The quantitative estimate of drug-likeness (QED) is 0.687. The SMILES string of the molecule is CCc1nnc(NC(=O)CNC(C)(C)CO)s1. The number of aliphatic hydroxyl groups excluding tert-OH is 1. The second-order valence-electron chi connectivity index (χ2n) is 4.30. The summed E-state index contributed by atoms with van der Waals surface area (Å²) in [4.78, 5) is 11.6. The van der Waals surface area contributed by atoms with Gasteiger partial charge in [0.25, 0.3) is 0 Å². The number of aliphatic hydroxyl groups is 1. The highest BCUT2D eigenvalue weighted by atomic mass is 32.1. The largest absolute Gasteiger partial charge is 0.394 e. The molecule has 0 saturated heterocycles. The van der Waals surface area contributed by atoms with Gasteiger partial charge in [-0.05, 0) is 20.3 Å². The monoisotopic (exact) mass is 258 g/mol. The second kappa shape index (κ2) is 6.04. The molecule has 6 nitrogen and oxygen atoms in total. The van der Waals surface area contributed by atoms with Gasteiger partial charge in [-0.1, -0.05) is 18.3 Å². The molecule has 17 heavy (non-hydrogen) atoms. The van der Waals surface area contributed by atoms with Crippen molar-refractivity contribution in [1.82, 2.24) is 15.5 Å². The third-order valence-corrected chi connectivity index (χ3v) is 3.12. The minimum Gasteiger partial charge on any atom is -0.394 e. The lowest BCUT2D eigenvalue weighted by Crippen LogP contribution is -2.46. The van der Waals surface area contributed by atoms with Gasteiger partial charge in [-0.3, -0.25) is 10.1 Å². The lowest BCUT2D eigenvalue weighted by molar-refractivity contribution is -0.115. The standard InChI is InChI=1S/C10H18N4O2S/c1-4-8-13-14-9(17-8)12-7(16)5-11-10(2,3)6-15/h11,15H,4-6H2,1-3H3,(H,12,14,16). The van der Waals surface area contributed by atoms with Crippen LogP contribution in [0.5, 0.6) is 0 Å². The van der Waals surface area contributed by atoms with Gasteiger partial charge in [0.2, 0.25) is 11.0 Å². The van der Waals surface area contributed by atoms with Crippen LogP contribution in [-0.2, 0) is 11.2 Å². The summed E-state index contributed by atoms with van der Waals surface area (Å²) in [7, 11) is 0. The molecule has 1 aromatic heterocycles. The number of anilines is 1. The Morgan fingerprint density at radius 2 is 2.18 bits per heavy atom. The summed E-state index contributed by atoms with van der Waals surface area (Å²) in [6, 6.07) is 0. The van der Waals surface area contributed by atoms with Crippen molar-refractivity contribution in [2.45, 2.75) is 32.7 Å². The van der Waals surface area contributed by atoms with E-state index < -0.39 is 5.54 Å². The maximum absolute atomic E-state index is 11.6. The molecule has 0 spiro atoms. The molecular weight excluding hydrogens is 240 g/mol. The van der Waals surface area contributed by atoms with Crippen molar-refractivity contribution < 1.29 is 9.90 Å². The minimum absolute atomic E-state index is 0.0287. The van der Waals surface area contributed by atoms with E-state index in [4.69, 9.17) is 5.11 Å². The summed E-state index contributed by atoms with van der Waals surface area (Å²) in [5, 5.41) is 23.8. The lowest BCUT2D eigenvalue weighted by atomic mass is 10.1. The van der Waals surface area contributed by atoms with Crippen LogP contribution in [0.2, 0.25) is 0 Å². The Kier molecular flexibility index (Phi) is 4.98. The fraction of sp³-hybridized carbons (Fsp3) is 0.700. The van der Waals surface area contributed by atoms with E-state index in [1.54, 1.807) is 0 Å². The first-order valence-corrected chi connectivity index (χ1v) is 6.26. The molecule has 0 aliphatic rings. The van der Waals surface area contributed by atoms with E-state index in [0.29, 0.717) is 5.13 Å². The first kappa shape index (κ1) is 14.0. The highest BCUT2D eigenvalue weighted by molar-refractivity contribution is 7.15. The number of nitrogens with zero attached hydrogens (tertiary/aromatic N) is 2. The zero-order chi connectivity index (χ0) is 12.9. The number of nitrogens with one attached hydrogen (secondary N) is 2. The van der Waals surface area contributed by atoms with E-state index in [9.17, 15) is 4.79 Å². The zero-order valence-corrected chi connectivity index (χ0v) is 11.1. The van der Waals surface area contributed by atoms with Gasteiger partial charge in [0, 0.05) is 5.54 Å². The normalized spacial score (nSPS) is 11.5. The van der Waals surface area contributed by atoms with Crippen molar-refractivity contribution in [2.75, 3.05) is 18.5 Å². The maximum atomic E-state index is 11.6. The van der Waals surface area contributed by atoms with E-state index >= 15 is 0 Å². The van der Waals surface area contributed by atoms with Gasteiger partial charge in [0.05, 0.1) is 13.2 Å². The van der Waals surface area contributed by atoms with E-state index in [-0.39, 0.29) is 19.1 Å². The summed E-state index contributed by atoms with van der Waals surface area (Å²) >= 11 is 1.37. The molecule has 0 aliphatic heterocycles. The van der Waals surface area contributed by atoms with Gasteiger partial charge in [-0.2, -0.15) is 0 Å². The van der Waals surface area contributed by atoms with Gasteiger partial charge < -0.3 is 10.4 Å². The van der Waals surface area contributed by atoms with Crippen LogP contribution in [-0.4, -0.2) is 39.9 Å². The summed E-state index contributed by atoms with van der Waals surface area (Å²) in [6.07, 6.45) is 0.809. The molecule has 1 heterocycles. The molecule has 7 heteroatoms. The van der Waals surface area contributed by atoms with E-state index in [1.807, 2.05) is 20.8 Å². The molecule has 1 aromatic rings. The van der Waals surface area contributed by atoms with Gasteiger partial charge in [-0.25, -0.2) is 0 Å². The first-order valence-electron chi connectivity index (χ1n) is 5.45. The van der Waals surface area contributed by atoms with Crippen molar-refractivity contribution in [2.24, 2.45) is 0 Å². The van der Waals surface area contributed by atoms with Crippen LogP contribution in [0.15, 0.2) is 0 Å². The Bertz CT molecular complexity index is 378. The van der Waals surface area contributed by atoms with Gasteiger partial charge in [0.1, 0.15) is 5.01 Å². The Hall–Kier alpha value is -1.05. The van der Waals surface area contributed by atoms with Gasteiger partial charge in [0.15, 0.2) is 0 Å². The highest BCUT2D eigenvalue weighted by Crippen LogP contribution is 2.14. The topological polar surface area (TPSA) is 87.1 Å². The Labute approximate surface area is 104 Å². The fourth-order valence-electron chi connectivity index (χ4n) is 0.986. The Morgan fingerprint density at radius 3 is 2.71 bits per heavy atom. The van der Waals surface area contributed by atoms with Crippen molar-refractivity contribution >= 4 is 22.4 Å². The predicted molar refractivity (Wildman–Crippen MR) is 67.1 cm³/mol. The number of rotatable bonds is 6. The summed E-state index contributed by atoms with van der Waals surface area (Å²) in [5.41, 5.74) is -0.465. The van der Waals surface area contributed by atoms with Crippen LogP contribution in [0, 0.1) is 0 Å². The summed E-state index contributed by atoms with van der Waals surface area (Å²) in [5.74, 6) is -0.190. The molecule has 0 unspecified atom stereocenters. The van der Waals surface area contributed by atoms with Crippen LogP contribution < -0.4 is 10.6 Å². The third kappa shape index (κ3) is 4.76. The third-order valence-electron chi connectivity index (χ3n) is 2.14. The second-order valence-corrected chi connectivity index (χ2v) is 5.36. The minimum atomic E-state index is -0.465. The Morgan fingerprint density at radius 1 is 1.47 bits per heavy atom. The summed E-state index contributed by atoms with van der Waals surface area (Å²) < 4.78 is 0. The van der Waals surface area contributed by atoms with Crippen molar-refractivity contribution in [3.63, 3.8) is 0 Å². The molecule has 3 N–H and O–H groups in total. The van der Waals surface area contributed by atoms with E-state index in [0.717, 1.165) is 11.4 Å². The van der Waals surface area contributed by atoms with Gasteiger partial charge >= 0.3 is 0 Å². The average molecular weight is 258 g/mol. The molecule has 0 aliphatic carbocycles. The van der Waals surface area contributed by atoms with Gasteiger partial charge in [-0.15, -0.1) is 10.2 Å². The molecule has 0 bridgehead atoms. The van der Waals surface area contributed by atoms with Crippen LogP contribution in [0.4, 0.5) is 5.13 Å². The molecule has 0 radical (unpaired) electrons. The van der Waals surface area contributed by atoms with Crippen molar-refractivity contribution in [3.05, 3.63) is 5.01 Å². The number of hydrogen-bond acceptors (Lipinski definition) is 6. The molecule has 0 saturated carbocycles. The van der Waals surface area contributed by atoms with Crippen LogP contribution in [0.3, 0.4) is 0 Å². The highest BCUT2D eigenvalue weighted by Gasteiger charge is 2.17.